The first kappa shape index (κ1) is 20.9. The molecule has 0 spiro atoms. The number of hydrogen-bond acceptors (Lipinski definition) is 8. The number of amides is 1. The van der Waals surface area contributed by atoms with Crippen molar-refractivity contribution in [2.24, 2.45) is 0 Å². The Kier molecular flexibility index (Phi) is 6.46. The molecule has 0 saturated heterocycles. The lowest BCUT2D eigenvalue weighted by atomic mass is 9.92. The molecule has 4 rings (SSSR count). The monoisotopic (exact) mass is 440 g/mol. The number of nitro groups is 1. The van der Waals surface area contributed by atoms with Crippen LogP contribution in [0.3, 0.4) is 0 Å². The number of thioether (sulfide) groups is 1. The van der Waals surface area contributed by atoms with E-state index in [1.54, 1.807) is 6.07 Å². The molecule has 2 aromatic carbocycles. The number of ether oxygens (including phenoxy) is 1. The molecule has 1 amide bonds. The molecule has 31 heavy (non-hydrogen) atoms. The zero-order valence-electron chi connectivity index (χ0n) is 16.6. The summed E-state index contributed by atoms with van der Waals surface area (Å²) >= 11 is 1.05. The zero-order chi connectivity index (χ0) is 21.6. The lowest BCUT2D eigenvalue weighted by Gasteiger charge is -2.16. The van der Waals surface area contributed by atoms with Gasteiger partial charge in [0, 0.05) is 6.07 Å². The van der Waals surface area contributed by atoms with Crippen LogP contribution in [-0.4, -0.2) is 26.8 Å². The van der Waals surface area contributed by atoms with Gasteiger partial charge in [0.15, 0.2) is 6.61 Å². The molecule has 0 radical (unpaired) electrons. The van der Waals surface area contributed by atoms with Crippen molar-refractivity contribution >= 4 is 29.0 Å². The Morgan fingerprint density at radius 1 is 1.16 bits per heavy atom. The third-order valence-corrected chi connectivity index (χ3v) is 5.65. The average molecular weight is 440 g/mol. The van der Waals surface area contributed by atoms with E-state index in [-0.39, 0.29) is 29.0 Å². The molecule has 0 saturated carbocycles. The molecule has 0 aliphatic heterocycles. The number of rotatable bonds is 8. The summed E-state index contributed by atoms with van der Waals surface area (Å²) in [6, 6.07) is 12.1. The van der Waals surface area contributed by atoms with E-state index >= 15 is 0 Å². The van der Waals surface area contributed by atoms with E-state index in [2.05, 4.69) is 27.6 Å². The molecule has 0 unspecified atom stereocenters. The number of anilines is 1. The van der Waals surface area contributed by atoms with Crippen LogP contribution in [0.2, 0.25) is 0 Å². The topological polar surface area (TPSA) is 120 Å². The summed E-state index contributed by atoms with van der Waals surface area (Å²) in [4.78, 5) is 22.6. The fourth-order valence-electron chi connectivity index (χ4n) is 3.35. The number of aryl methyl sites for hydroxylation is 2. The van der Waals surface area contributed by atoms with Crippen molar-refractivity contribution in [1.82, 2.24) is 10.2 Å². The van der Waals surface area contributed by atoms with Gasteiger partial charge in [0.2, 0.25) is 5.91 Å². The van der Waals surface area contributed by atoms with Gasteiger partial charge in [-0.3, -0.25) is 14.9 Å². The summed E-state index contributed by atoms with van der Waals surface area (Å²) in [7, 11) is 0. The summed E-state index contributed by atoms with van der Waals surface area (Å²) in [5.74, 6) is 0.625. The van der Waals surface area contributed by atoms with Crippen molar-refractivity contribution in [1.29, 1.82) is 0 Å². The maximum Gasteiger partial charge on any atom is 0.292 e. The van der Waals surface area contributed by atoms with Crippen LogP contribution >= 0.6 is 11.8 Å². The highest BCUT2D eigenvalue weighted by atomic mass is 32.2. The largest absolute Gasteiger partial charge is 0.484 e. The first-order chi connectivity index (χ1) is 15.1. The zero-order valence-corrected chi connectivity index (χ0v) is 17.4. The smallest absolute Gasteiger partial charge is 0.292 e. The molecule has 1 aliphatic rings. The molecule has 10 heteroatoms. The number of para-hydroxylation sites is 2. The molecule has 0 bridgehead atoms. The molecule has 1 aliphatic carbocycles. The molecule has 1 aromatic heterocycles. The molecular weight excluding hydrogens is 420 g/mol. The predicted molar refractivity (Wildman–Crippen MR) is 114 cm³/mol. The number of nitrogens with one attached hydrogen (secondary N) is 1. The summed E-state index contributed by atoms with van der Waals surface area (Å²) in [6.45, 7) is 0.134. The van der Waals surface area contributed by atoms with E-state index in [0.717, 1.165) is 30.4 Å². The highest BCUT2D eigenvalue weighted by Gasteiger charge is 2.16. The Hall–Kier alpha value is -3.40. The Bertz CT molecular complexity index is 1100. The van der Waals surface area contributed by atoms with Crippen molar-refractivity contribution in [2.45, 2.75) is 37.5 Å². The predicted octanol–water partition coefficient (Wildman–Crippen LogP) is 4.17. The fourth-order valence-corrected chi connectivity index (χ4v) is 3.93. The summed E-state index contributed by atoms with van der Waals surface area (Å²) in [5.41, 5.74) is 2.69. The highest BCUT2D eigenvalue weighted by Crippen LogP contribution is 2.26. The van der Waals surface area contributed by atoms with Crippen molar-refractivity contribution < 1.29 is 18.9 Å². The molecule has 9 nitrogen and oxygen atoms in total. The van der Waals surface area contributed by atoms with E-state index < -0.39 is 10.8 Å². The van der Waals surface area contributed by atoms with Gasteiger partial charge in [-0.2, -0.15) is 0 Å². The summed E-state index contributed by atoms with van der Waals surface area (Å²) in [5, 5.41) is 21.6. The van der Waals surface area contributed by atoms with Crippen LogP contribution in [0.15, 0.2) is 52.1 Å². The van der Waals surface area contributed by atoms with Crippen LogP contribution in [-0.2, 0) is 24.2 Å². The highest BCUT2D eigenvalue weighted by molar-refractivity contribution is 7.99. The minimum atomic E-state index is -0.546. The minimum absolute atomic E-state index is 0.0284. The molecule has 160 valence electrons. The third kappa shape index (κ3) is 5.40. The maximum absolute atomic E-state index is 12.1. The first-order valence-electron chi connectivity index (χ1n) is 9.81. The van der Waals surface area contributed by atoms with Crippen molar-refractivity contribution in [3.8, 4) is 5.75 Å². The SMILES string of the molecule is O=C(CSc1nnc(COc2ccc3c(c2)CCCC3)o1)Nc1ccccc1[N+](=O)[O-]. The lowest BCUT2D eigenvalue weighted by molar-refractivity contribution is -0.383. The van der Waals surface area contributed by atoms with Gasteiger partial charge in [-0.05, 0) is 55.0 Å². The fraction of sp³-hybridized carbons (Fsp3) is 0.286. The number of fused-ring (bicyclic) bond motifs is 1. The van der Waals surface area contributed by atoms with Crippen LogP contribution in [0.25, 0.3) is 0 Å². The molecule has 1 heterocycles. The second-order valence-electron chi connectivity index (χ2n) is 7.00. The van der Waals surface area contributed by atoms with Gasteiger partial charge in [0.1, 0.15) is 11.4 Å². The number of aromatic nitrogens is 2. The van der Waals surface area contributed by atoms with Gasteiger partial charge in [0.05, 0.1) is 10.7 Å². The van der Waals surface area contributed by atoms with Crippen LogP contribution < -0.4 is 10.1 Å². The standard InChI is InChI=1S/C21H20N4O5S/c26-19(22-17-7-3-4-8-18(17)25(27)28)13-31-21-24-23-20(30-21)12-29-16-10-9-14-5-1-2-6-15(14)11-16/h3-4,7-11H,1-2,5-6,12-13H2,(H,22,26). The van der Waals surface area contributed by atoms with Gasteiger partial charge >= 0.3 is 0 Å². The number of nitro benzene ring substituents is 1. The molecule has 0 atom stereocenters. The Morgan fingerprint density at radius 2 is 1.97 bits per heavy atom. The van der Waals surface area contributed by atoms with E-state index in [0.29, 0.717) is 5.89 Å². The van der Waals surface area contributed by atoms with Gasteiger partial charge in [-0.1, -0.05) is 30.0 Å². The number of benzene rings is 2. The second-order valence-corrected chi connectivity index (χ2v) is 7.93. The lowest BCUT2D eigenvalue weighted by Crippen LogP contribution is -2.15. The molecule has 3 aromatic rings. The minimum Gasteiger partial charge on any atom is -0.484 e. The third-order valence-electron chi connectivity index (χ3n) is 4.83. The normalized spacial score (nSPS) is 12.8. The molecule has 1 N–H and O–H groups in total. The second kappa shape index (κ2) is 9.61. The van der Waals surface area contributed by atoms with Crippen LogP contribution in [0, 0.1) is 10.1 Å². The quantitative estimate of drug-likeness (QED) is 0.315. The van der Waals surface area contributed by atoms with Crippen LogP contribution in [0.1, 0.15) is 29.9 Å². The van der Waals surface area contributed by atoms with E-state index in [4.69, 9.17) is 9.15 Å². The van der Waals surface area contributed by atoms with E-state index in [9.17, 15) is 14.9 Å². The van der Waals surface area contributed by atoms with Gasteiger partial charge in [0.25, 0.3) is 16.8 Å². The Morgan fingerprint density at radius 3 is 2.81 bits per heavy atom. The first-order valence-corrected chi connectivity index (χ1v) is 10.8. The Balaban J connectivity index is 1.27. The number of carbonyl (C=O) groups is 1. The Labute approximate surface area is 182 Å². The van der Waals surface area contributed by atoms with Gasteiger partial charge in [-0.15, -0.1) is 10.2 Å². The van der Waals surface area contributed by atoms with E-state index in [1.165, 1.54) is 42.2 Å². The molecule has 0 fully saturated rings. The number of nitrogens with zero attached hydrogens (tertiary/aromatic N) is 3. The average Bonchev–Trinajstić information content (AvgIpc) is 3.24. The maximum atomic E-state index is 12.1. The van der Waals surface area contributed by atoms with Crippen molar-refractivity contribution in [2.75, 3.05) is 11.1 Å². The van der Waals surface area contributed by atoms with Crippen LogP contribution in [0.5, 0.6) is 5.75 Å². The number of hydrogen-bond donors (Lipinski definition) is 1. The number of carbonyl (C=O) groups excluding carboxylic acids is 1. The summed E-state index contributed by atoms with van der Waals surface area (Å²) in [6.07, 6.45) is 4.62. The van der Waals surface area contributed by atoms with E-state index in [1.807, 2.05) is 6.07 Å². The van der Waals surface area contributed by atoms with Crippen molar-refractivity contribution in [3.63, 3.8) is 0 Å². The molecular formula is C21H20N4O5S. The van der Waals surface area contributed by atoms with Crippen LogP contribution in [0.4, 0.5) is 11.4 Å². The van der Waals surface area contributed by atoms with Gasteiger partial charge in [-0.25, -0.2) is 0 Å². The van der Waals surface area contributed by atoms with Crippen molar-refractivity contribution in [3.05, 3.63) is 69.6 Å². The van der Waals surface area contributed by atoms with Gasteiger partial charge < -0.3 is 14.5 Å². The summed E-state index contributed by atoms with van der Waals surface area (Å²) < 4.78 is 11.3.